The summed E-state index contributed by atoms with van der Waals surface area (Å²) in [6.07, 6.45) is 2.13. The van der Waals surface area contributed by atoms with Crippen molar-refractivity contribution in [1.82, 2.24) is 4.90 Å². The van der Waals surface area contributed by atoms with Crippen molar-refractivity contribution in [2.24, 2.45) is 5.73 Å². The predicted molar refractivity (Wildman–Crippen MR) is 50.7 cm³/mol. The lowest BCUT2D eigenvalue weighted by Gasteiger charge is -2.31. The molecule has 0 radical (unpaired) electrons. The molecule has 0 saturated carbocycles. The van der Waals surface area contributed by atoms with Crippen LogP contribution in [0.15, 0.2) is 0 Å². The minimum absolute atomic E-state index is 0.0325. The molecule has 0 aliphatic carbocycles. The highest BCUT2D eigenvalue weighted by Gasteiger charge is 2.21. The Labute approximate surface area is 70.8 Å². The van der Waals surface area contributed by atoms with Crippen molar-refractivity contribution in [2.75, 3.05) is 20.1 Å². The van der Waals surface area contributed by atoms with Crippen molar-refractivity contribution < 1.29 is 0 Å². The molecule has 0 atom stereocenters. The van der Waals surface area contributed by atoms with Crippen molar-refractivity contribution in [3.05, 3.63) is 0 Å². The van der Waals surface area contributed by atoms with Gasteiger partial charge < -0.3 is 10.6 Å². The summed E-state index contributed by atoms with van der Waals surface area (Å²) >= 11 is 0. The standard InChI is InChI=1S/C9H22N2/c1-5-9(10,6-2)8-11(4)7-3/h5-8,10H2,1-4H3. The number of nitrogens with two attached hydrogens (primary N) is 1. The van der Waals surface area contributed by atoms with Gasteiger partial charge in [0.05, 0.1) is 0 Å². The van der Waals surface area contributed by atoms with E-state index in [1.165, 1.54) is 0 Å². The van der Waals surface area contributed by atoms with E-state index < -0.39 is 0 Å². The molecule has 0 unspecified atom stereocenters. The molecule has 0 rings (SSSR count). The molecule has 2 heteroatoms. The molecule has 0 fully saturated rings. The molecule has 0 heterocycles. The fraction of sp³-hybridized carbons (Fsp3) is 1.00. The van der Waals surface area contributed by atoms with Gasteiger partial charge in [0.2, 0.25) is 0 Å². The van der Waals surface area contributed by atoms with E-state index in [1.807, 2.05) is 0 Å². The second kappa shape index (κ2) is 4.73. The molecule has 2 nitrogen and oxygen atoms in total. The van der Waals surface area contributed by atoms with Gasteiger partial charge in [0.15, 0.2) is 0 Å². The molecule has 0 aliphatic heterocycles. The van der Waals surface area contributed by atoms with Gasteiger partial charge in [-0.15, -0.1) is 0 Å². The molecule has 0 aliphatic rings. The Balaban J connectivity index is 3.86. The van der Waals surface area contributed by atoms with Crippen LogP contribution in [0.1, 0.15) is 33.6 Å². The molecule has 0 saturated heterocycles. The number of nitrogens with zero attached hydrogens (tertiary/aromatic N) is 1. The maximum atomic E-state index is 6.13. The lowest BCUT2D eigenvalue weighted by atomic mass is 9.94. The zero-order valence-corrected chi connectivity index (χ0v) is 8.35. The quantitative estimate of drug-likeness (QED) is 0.656. The minimum atomic E-state index is 0.0325. The first kappa shape index (κ1) is 10.9. The van der Waals surface area contributed by atoms with Gasteiger partial charge >= 0.3 is 0 Å². The topological polar surface area (TPSA) is 29.3 Å². The van der Waals surface area contributed by atoms with Gasteiger partial charge in [-0.2, -0.15) is 0 Å². The zero-order chi connectivity index (χ0) is 8.91. The average molecular weight is 158 g/mol. The molecule has 0 aromatic rings. The number of hydrogen-bond acceptors (Lipinski definition) is 2. The zero-order valence-electron chi connectivity index (χ0n) is 8.35. The Morgan fingerprint density at radius 3 is 1.91 bits per heavy atom. The van der Waals surface area contributed by atoms with Crippen LogP contribution in [0.4, 0.5) is 0 Å². The summed E-state index contributed by atoms with van der Waals surface area (Å²) in [5.74, 6) is 0. The minimum Gasteiger partial charge on any atom is -0.324 e. The van der Waals surface area contributed by atoms with E-state index in [2.05, 4.69) is 32.7 Å². The highest BCUT2D eigenvalue weighted by Crippen LogP contribution is 2.11. The summed E-state index contributed by atoms with van der Waals surface area (Å²) in [6, 6.07) is 0. The average Bonchev–Trinajstić information content (AvgIpc) is 2.04. The molecule has 0 amide bonds. The maximum Gasteiger partial charge on any atom is 0.0278 e. The Morgan fingerprint density at radius 2 is 1.64 bits per heavy atom. The largest absolute Gasteiger partial charge is 0.324 e. The van der Waals surface area contributed by atoms with Crippen LogP contribution in [0, 0.1) is 0 Å². The van der Waals surface area contributed by atoms with Gasteiger partial charge in [0.1, 0.15) is 0 Å². The molecule has 0 aromatic heterocycles. The smallest absolute Gasteiger partial charge is 0.0278 e. The van der Waals surface area contributed by atoms with Gasteiger partial charge in [0.25, 0.3) is 0 Å². The van der Waals surface area contributed by atoms with Crippen molar-refractivity contribution in [2.45, 2.75) is 39.2 Å². The van der Waals surface area contributed by atoms with E-state index in [0.29, 0.717) is 0 Å². The van der Waals surface area contributed by atoms with E-state index in [4.69, 9.17) is 5.73 Å². The van der Waals surface area contributed by atoms with Crippen LogP contribution in [-0.2, 0) is 0 Å². The Kier molecular flexibility index (Phi) is 4.69. The molecule has 68 valence electrons. The van der Waals surface area contributed by atoms with Gasteiger partial charge in [-0.25, -0.2) is 0 Å². The summed E-state index contributed by atoms with van der Waals surface area (Å²) < 4.78 is 0. The fourth-order valence-corrected chi connectivity index (χ4v) is 1.12. The normalized spacial score (nSPS) is 12.5. The first-order valence-corrected chi connectivity index (χ1v) is 4.55. The lowest BCUT2D eigenvalue weighted by Crippen LogP contribution is -2.48. The third-order valence-corrected chi connectivity index (χ3v) is 2.53. The van der Waals surface area contributed by atoms with Crippen molar-refractivity contribution in [1.29, 1.82) is 0 Å². The van der Waals surface area contributed by atoms with Crippen molar-refractivity contribution in [3.63, 3.8) is 0 Å². The molecule has 2 N–H and O–H groups in total. The summed E-state index contributed by atoms with van der Waals surface area (Å²) in [5.41, 5.74) is 6.16. The van der Waals surface area contributed by atoms with Crippen LogP contribution >= 0.6 is 0 Å². The Morgan fingerprint density at radius 1 is 1.18 bits per heavy atom. The molecule has 0 bridgehead atoms. The van der Waals surface area contributed by atoms with Crippen LogP contribution in [0.5, 0.6) is 0 Å². The third kappa shape index (κ3) is 3.73. The van der Waals surface area contributed by atoms with Crippen molar-refractivity contribution >= 4 is 0 Å². The van der Waals surface area contributed by atoms with Crippen LogP contribution in [0.3, 0.4) is 0 Å². The van der Waals surface area contributed by atoms with Crippen LogP contribution in [0.25, 0.3) is 0 Å². The van der Waals surface area contributed by atoms with E-state index >= 15 is 0 Å². The van der Waals surface area contributed by atoms with Crippen LogP contribution < -0.4 is 5.73 Å². The van der Waals surface area contributed by atoms with Gasteiger partial charge in [0, 0.05) is 12.1 Å². The first-order valence-electron chi connectivity index (χ1n) is 4.55. The Bertz CT molecular complexity index is 97.7. The summed E-state index contributed by atoms with van der Waals surface area (Å²) in [6.45, 7) is 8.57. The van der Waals surface area contributed by atoms with Gasteiger partial charge in [-0.3, -0.25) is 0 Å². The highest BCUT2D eigenvalue weighted by molar-refractivity contribution is 4.83. The molecule has 0 aromatic carbocycles. The van der Waals surface area contributed by atoms with Gasteiger partial charge in [-0.1, -0.05) is 20.8 Å². The lowest BCUT2D eigenvalue weighted by molar-refractivity contribution is 0.242. The van der Waals surface area contributed by atoms with E-state index in [1.54, 1.807) is 0 Å². The second-order valence-electron chi connectivity index (χ2n) is 3.40. The molecular formula is C9H22N2. The monoisotopic (exact) mass is 158 g/mol. The summed E-state index contributed by atoms with van der Waals surface area (Å²) in [7, 11) is 2.12. The molecule has 11 heavy (non-hydrogen) atoms. The highest BCUT2D eigenvalue weighted by atomic mass is 15.1. The second-order valence-corrected chi connectivity index (χ2v) is 3.40. The van der Waals surface area contributed by atoms with Gasteiger partial charge in [-0.05, 0) is 26.4 Å². The van der Waals surface area contributed by atoms with Crippen molar-refractivity contribution in [3.8, 4) is 0 Å². The first-order chi connectivity index (χ1) is 5.08. The summed E-state index contributed by atoms with van der Waals surface area (Å²) in [4.78, 5) is 2.27. The van der Waals surface area contributed by atoms with Crippen LogP contribution in [0.2, 0.25) is 0 Å². The number of rotatable bonds is 5. The maximum absolute atomic E-state index is 6.13. The fourth-order valence-electron chi connectivity index (χ4n) is 1.12. The molecular weight excluding hydrogens is 136 g/mol. The summed E-state index contributed by atoms with van der Waals surface area (Å²) in [5, 5.41) is 0. The predicted octanol–water partition coefficient (Wildman–Crippen LogP) is 1.46. The van der Waals surface area contributed by atoms with Crippen LogP contribution in [-0.4, -0.2) is 30.6 Å². The third-order valence-electron chi connectivity index (χ3n) is 2.53. The van der Waals surface area contributed by atoms with E-state index in [0.717, 1.165) is 25.9 Å². The van der Waals surface area contributed by atoms with E-state index in [-0.39, 0.29) is 5.54 Å². The number of hydrogen-bond donors (Lipinski definition) is 1. The van der Waals surface area contributed by atoms with E-state index in [9.17, 15) is 0 Å². The molecule has 0 spiro atoms. The SMILES string of the molecule is CCN(C)CC(N)(CC)CC. The number of likely N-dealkylation sites (N-methyl/N-ethyl adjacent to an activating group) is 1. The Hall–Kier alpha value is -0.0800.